The molecule has 1 aliphatic rings. The van der Waals surface area contributed by atoms with E-state index in [0.29, 0.717) is 22.8 Å². The summed E-state index contributed by atoms with van der Waals surface area (Å²) in [5.41, 5.74) is 4.44. The number of rotatable bonds is 7. The minimum Gasteiger partial charge on any atom is -0.497 e. The number of halogens is 1. The predicted molar refractivity (Wildman–Crippen MR) is 131 cm³/mol. The normalized spacial score (nSPS) is 12.9. The van der Waals surface area contributed by atoms with Crippen molar-refractivity contribution >= 4 is 34.4 Å². The van der Waals surface area contributed by atoms with E-state index in [-0.39, 0.29) is 5.91 Å². The van der Waals surface area contributed by atoms with E-state index in [1.54, 1.807) is 6.20 Å². The van der Waals surface area contributed by atoms with Gasteiger partial charge in [0, 0.05) is 24.1 Å². The summed E-state index contributed by atoms with van der Waals surface area (Å²) in [5.74, 6) is 1.20. The molecule has 3 heterocycles. The Labute approximate surface area is 201 Å². The summed E-state index contributed by atoms with van der Waals surface area (Å²) in [6.07, 6.45) is 2.55. The van der Waals surface area contributed by atoms with E-state index in [0.717, 1.165) is 46.6 Å². The highest BCUT2D eigenvalue weighted by molar-refractivity contribution is 8.00. The summed E-state index contributed by atoms with van der Waals surface area (Å²) in [5, 5.41) is 5.78. The van der Waals surface area contributed by atoms with Crippen LogP contribution < -0.4 is 15.4 Å². The van der Waals surface area contributed by atoms with E-state index in [9.17, 15) is 9.18 Å². The first-order chi connectivity index (χ1) is 16.6. The van der Waals surface area contributed by atoms with Crippen LogP contribution in [-0.4, -0.2) is 35.3 Å². The molecule has 0 radical (unpaired) electrons. The number of nitrogens with zero attached hydrogens (tertiary/aromatic N) is 2. The van der Waals surface area contributed by atoms with Gasteiger partial charge in [-0.1, -0.05) is 24.3 Å². The number of hydrogen-bond donors (Lipinski definition) is 2. The zero-order valence-corrected chi connectivity index (χ0v) is 19.5. The molecule has 5 rings (SSSR count). The van der Waals surface area contributed by atoms with Crippen molar-refractivity contribution in [3.05, 3.63) is 77.9 Å². The number of carbonyl (C=O) groups is 1. The average molecular weight is 476 g/mol. The number of benzene rings is 2. The number of amides is 1. The number of fused-ring (bicyclic) bond motifs is 2. The Morgan fingerprint density at radius 2 is 2.00 bits per heavy atom. The van der Waals surface area contributed by atoms with Crippen LogP contribution in [0.1, 0.15) is 11.3 Å². The molecule has 172 valence electrons. The van der Waals surface area contributed by atoms with Crippen molar-refractivity contribution in [2.75, 3.05) is 24.7 Å². The van der Waals surface area contributed by atoms with Crippen molar-refractivity contribution in [1.29, 1.82) is 0 Å². The van der Waals surface area contributed by atoms with Gasteiger partial charge in [-0.3, -0.25) is 9.78 Å². The van der Waals surface area contributed by atoms with Gasteiger partial charge in [0.25, 0.3) is 0 Å². The molecule has 0 bridgehead atoms. The minimum atomic E-state index is -0.391. The highest BCUT2D eigenvalue weighted by Crippen LogP contribution is 2.32. The zero-order valence-electron chi connectivity index (χ0n) is 18.7. The summed E-state index contributed by atoms with van der Waals surface area (Å²) in [7, 11) is 1.53. The molecular formula is C26H24FN4O2S+. The second kappa shape index (κ2) is 9.79. The van der Waals surface area contributed by atoms with E-state index in [1.165, 1.54) is 30.5 Å². The molecule has 0 fully saturated rings. The van der Waals surface area contributed by atoms with E-state index in [4.69, 9.17) is 4.74 Å². The lowest BCUT2D eigenvalue weighted by Crippen LogP contribution is -2.83. The van der Waals surface area contributed by atoms with E-state index >= 15 is 0 Å². The molecule has 2 aromatic carbocycles. The third-order valence-electron chi connectivity index (χ3n) is 5.80. The van der Waals surface area contributed by atoms with Crippen molar-refractivity contribution in [2.24, 2.45) is 0 Å². The van der Waals surface area contributed by atoms with Gasteiger partial charge in [0.2, 0.25) is 5.91 Å². The molecule has 1 aliphatic heterocycles. The highest BCUT2D eigenvalue weighted by Gasteiger charge is 2.17. The number of quaternary nitrogens is 1. The van der Waals surface area contributed by atoms with Crippen LogP contribution in [0, 0.1) is 5.82 Å². The summed E-state index contributed by atoms with van der Waals surface area (Å²) >= 11 is 1.52. The lowest BCUT2D eigenvalue weighted by molar-refractivity contribution is -0.670. The Bertz CT molecular complexity index is 1360. The SMILES string of the molecule is COc1cc(F)c2nccc(-c3ccc(CC[NH2+]Cc4ccc5c(n4)NC(=O)CS5)cc3)c2c1. The molecule has 2 aromatic heterocycles. The van der Waals surface area contributed by atoms with Crippen LogP contribution in [0.25, 0.3) is 22.0 Å². The fourth-order valence-electron chi connectivity index (χ4n) is 4.04. The average Bonchev–Trinajstić information content (AvgIpc) is 2.86. The first kappa shape index (κ1) is 22.3. The van der Waals surface area contributed by atoms with Gasteiger partial charge >= 0.3 is 0 Å². The predicted octanol–water partition coefficient (Wildman–Crippen LogP) is 3.79. The van der Waals surface area contributed by atoms with Crippen LogP contribution in [0.3, 0.4) is 0 Å². The zero-order chi connectivity index (χ0) is 23.5. The maximum atomic E-state index is 14.4. The third-order valence-corrected chi connectivity index (χ3v) is 6.84. The first-order valence-electron chi connectivity index (χ1n) is 11.1. The Hall–Kier alpha value is -3.49. The highest BCUT2D eigenvalue weighted by atomic mass is 32.2. The third kappa shape index (κ3) is 4.73. The fraction of sp³-hybridized carbons (Fsp3) is 0.192. The van der Waals surface area contributed by atoms with Gasteiger partial charge in [-0.2, -0.15) is 0 Å². The van der Waals surface area contributed by atoms with Crippen LogP contribution in [0.15, 0.2) is 65.7 Å². The molecule has 6 nitrogen and oxygen atoms in total. The van der Waals surface area contributed by atoms with Gasteiger partial charge in [-0.15, -0.1) is 11.8 Å². The molecule has 0 unspecified atom stereocenters. The Morgan fingerprint density at radius 3 is 2.82 bits per heavy atom. The number of ether oxygens (including phenoxy) is 1. The number of nitrogens with two attached hydrogens (primary N) is 1. The van der Waals surface area contributed by atoms with Crippen molar-refractivity contribution in [1.82, 2.24) is 9.97 Å². The Balaban J connectivity index is 1.22. The summed E-state index contributed by atoms with van der Waals surface area (Å²) in [4.78, 5) is 21.4. The molecule has 34 heavy (non-hydrogen) atoms. The summed E-state index contributed by atoms with van der Waals surface area (Å²) in [6, 6.07) is 17.5. The molecule has 1 amide bonds. The topological polar surface area (TPSA) is 80.7 Å². The van der Waals surface area contributed by atoms with Crippen LogP contribution in [-0.2, 0) is 17.8 Å². The minimum absolute atomic E-state index is 0.00129. The van der Waals surface area contributed by atoms with Gasteiger partial charge in [0.15, 0.2) is 5.82 Å². The number of methoxy groups -OCH3 is 1. The summed E-state index contributed by atoms with van der Waals surface area (Å²) < 4.78 is 19.7. The number of thioether (sulfide) groups is 1. The lowest BCUT2D eigenvalue weighted by atomic mass is 9.99. The second-order valence-electron chi connectivity index (χ2n) is 8.08. The number of carbonyl (C=O) groups excluding carboxylic acids is 1. The van der Waals surface area contributed by atoms with Crippen LogP contribution in [0.2, 0.25) is 0 Å². The van der Waals surface area contributed by atoms with Gasteiger partial charge in [-0.05, 0) is 41.0 Å². The maximum absolute atomic E-state index is 14.4. The number of hydrogen-bond acceptors (Lipinski definition) is 5. The molecule has 0 saturated heterocycles. The monoisotopic (exact) mass is 475 g/mol. The van der Waals surface area contributed by atoms with E-state index < -0.39 is 5.82 Å². The van der Waals surface area contributed by atoms with Gasteiger partial charge in [-0.25, -0.2) is 9.37 Å². The fourth-order valence-corrected chi connectivity index (χ4v) is 4.80. The molecule has 0 saturated carbocycles. The summed E-state index contributed by atoms with van der Waals surface area (Å²) in [6.45, 7) is 1.67. The Kier molecular flexibility index (Phi) is 6.42. The molecular weight excluding hydrogens is 451 g/mol. The standard InChI is InChI=1S/C26H23FN4O2S/c1-33-19-12-21-20(9-11-29-25(21)22(27)13-19)17-4-2-16(3-5-17)8-10-28-14-18-6-7-23-26(30-18)31-24(32)15-34-23/h2-7,9,11-13,28H,8,10,14-15H2,1H3,(H,30,31,32)/p+1. The number of pyridine rings is 2. The number of anilines is 1. The van der Waals surface area contributed by atoms with Crippen LogP contribution in [0.5, 0.6) is 5.75 Å². The van der Waals surface area contributed by atoms with Crippen molar-refractivity contribution in [2.45, 2.75) is 17.9 Å². The van der Waals surface area contributed by atoms with Crippen LogP contribution in [0.4, 0.5) is 10.2 Å². The maximum Gasteiger partial charge on any atom is 0.235 e. The van der Waals surface area contributed by atoms with Crippen molar-refractivity contribution < 1.29 is 19.2 Å². The molecule has 4 aromatic rings. The molecule has 8 heteroatoms. The number of aromatic nitrogens is 2. The van der Waals surface area contributed by atoms with Crippen molar-refractivity contribution in [3.63, 3.8) is 0 Å². The molecule has 0 aliphatic carbocycles. The van der Waals surface area contributed by atoms with Crippen LogP contribution >= 0.6 is 11.8 Å². The lowest BCUT2D eigenvalue weighted by Gasteiger charge is -2.15. The van der Waals surface area contributed by atoms with Gasteiger partial charge < -0.3 is 15.4 Å². The second-order valence-corrected chi connectivity index (χ2v) is 9.10. The van der Waals surface area contributed by atoms with Crippen molar-refractivity contribution in [3.8, 4) is 16.9 Å². The molecule has 3 N–H and O–H groups in total. The quantitative estimate of drug-likeness (QED) is 0.398. The van der Waals surface area contributed by atoms with E-state index in [1.807, 2.05) is 24.3 Å². The largest absolute Gasteiger partial charge is 0.497 e. The number of nitrogens with one attached hydrogen (secondary N) is 1. The first-order valence-corrected chi connectivity index (χ1v) is 12.0. The smallest absolute Gasteiger partial charge is 0.235 e. The van der Waals surface area contributed by atoms with E-state index in [2.05, 4.69) is 44.9 Å². The Morgan fingerprint density at radius 1 is 1.15 bits per heavy atom. The van der Waals surface area contributed by atoms with Gasteiger partial charge in [0.1, 0.15) is 23.6 Å². The van der Waals surface area contributed by atoms with Gasteiger partial charge in [0.05, 0.1) is 30.0 Å². The molecule has 0 spiro atoms. The molecule has 0 atom stereocenters.